The van der Waals surface area contributed by atoms with Crippen molar-refractivity contribution in [3.8, 4) is 5.75 Å². The number of amides is 2. The molecule has 1 aromatic carbocycles. The van der Waals surface area contributed by atoms with Gasteiger partial charge in [0.25, 0.3) is 0 Å². The topological polar surface area (TPSA) is 108 Å². The average molecular weight is 308 g/mol. The predicted octanol–water partition coefficient (Wildman–Crippen LogP) is 1.14. The normalized spacial score (nSPS) is 12.1. The van der Waals surface area contributed by atoms with Crippen molar-refractivity contribution in [3.63, 3.8) is 0 Å². The molecule has 22 heavy (non-hydrogen) atoms. The van der Waals surface area contributed by atoms with Crippen LogP contribution in [0.15, 0.2) is 24.3 Å². The van der Waals surface area contributed by atoms with Crippen LogP contribution in [0.2, 0.25) is 0 Å². The Morgan fingerprint density at radius 1 is 1.27 bits per heavy atom. The Hall–Kier alpha value is -2.57. The van der Waals surface area contributed by atoms with Crippen molar-refractivity contribution in [2.45, 2.75) is 38.8 Å². The van der Waals surface area contributed by atoms with E-state index >= 15 is 0 Å². The van der Waals surface area contributed by atoms with Crippen molar-refractivity contribution in [1.82, 2.24) is 5.32 Å². The third kappa shape index (κ3) is 6.25. The fourth-order valence-electron chi connectivity index (χ4n) is 1.62. The van der Waals surface area contributed by atoms with Crippen molar-refractivity contribution >= 4 is 18.5 Å². The number of hydrogen-bond donors (Lipinski definition) is 2. The first-order valence-electron chi connectivity index (χ1n) is 6.70. The summed E-state index contributed by atoms with van der Waals surface area (Å²) < 4.78 is 10.0. The van der Waals surface area contributed by atoms with Gasteiger partial charge in [0.05, 0.1) is 0 Å². The zero-order chi connectivity index (χ0) is 16.8. The molecule has 0 radical (unpaired) electrons. The van der Waals surface area contributed by atoms with E-state index in [0.717, 1.165) is 5.56 Å². The van der Waals surface area contributed by atoms with E-state index in [1.165, 1.54) is 0 Å². The van der Waals surface area contributed by atoms with E-state index in [-0.39, 0.29) is 6.42 Å². The van der Waals surface area contributed by atoms with E-state index in [1.807, 2.05) is 0 Å². The number of carbonyl (C=O) groups is 3. The largest absolute Gasteiger partial charge is 0.514 e. The third-order valence-corrected chi connectivity index (χ3v) is 2.57. The van der Waals surface area contributed by atoms with Crippen molar-refractivity contribution < 1.29 is 23.9 Å². The molecule has 7 nitrogen and oxygen atoms in total. The standard InChI is InChI=1S/C15H20N2O5/c1-15(2,3)22-14(20)21-11-6-4-10(5-7-11)8-12(13(16)19)17-9-18/h4-7,9,12H,8H2,1-3H3,(H2,16,19)(H,17,18). The van der Waals surface area contributed by atoms with Crippen LogP contribution in [0.4, 0.5) is 4.79 Å². The maximum atomic E-state index is 11.5. The van der Waals surface area contributed by atoms with Gasteiger partial charge < -0.3 is 20.5 Å². The highest BCUT2D eigenvalue weighted by molar-refractivity contribution is 5.82. The van der Waals surface area contributed by atoms with Crippen LogP contribution in [-0.2, 0) is 20.7 Å². The molecular formula is C15H20N2O5. The molecule has 1 unspecified atom stereocenters. The second-order valence-electron chi connectivity index (χ2n) is 5.65. The Morgan fingerprint density at radius 2 is 1.86 bits per heavy atom. The van der Waals surface area contributed by atoms with Gasteiger partial charge in [0.1, 0.15) is 17.4 Å². The molecule has 0 fully saturated rings. The summed E-state index contributed by atoms with van der Waals surface area (Å²) in [5.74, 6) is -0.307. The Balaban J connectivity index is 2.64. The van der Waals surface area contributed by atoms with Gasteiger partial charge in [-0.15, -0.1) is 0 Å². The van der Waals surface area contributed by atoms with Crippen molar-refractivity contribution in [2.75, 3.05) is 0 Å². The maximum absolute atomic E-state index is 11.5. The lowest BCUT2D eigenvalue weighted by atomic mass is 10.1. The zero-order valence-corrected chi connectivity index (χ0v) is 12.8. The minimum Gasteiger partial charge on any atom is -0.428 e. The molecule has 2 amide bonds. The maximum Gasteiger partial charge on any atom is 0.514 e. The van der Waals surface area contributed by atoms with E-state index < -0.39 is 23.7 Å². The lowest BCUT2D eigenvalue weighted by Crippen LogP contribution is -2.42. The smallest absolute Gasteiger partial charge is 0.428 e. The molecule has 1 aromatic rings. The summed E-state index contributed by atoms with van der Waals surface area (Å²) in [6.07, 6.45) is -0.117. The number of rotatable bonds is 6. The number of hydrogen-bond acceptors (Lipinski definition) is 5. The van der Waals surface area contributed by atoms with Gasteiger partial charge in [-0.25, -0.2) is 4.79 Å². The van der Waals surface area contributed by atoms with Gasteiger partial charge in [-0.2, -0.15) is 0 Å². The van der Waals surface area contributed by atoms with Crippen molar-refractivity contribution in [3.05, 3.63) is 29.8 Å². The van der Waals surface area contributed by atoms with Gasteiger partial charge in [-0.05, 0) is 38.5 Å². The van der Waals surface area contributed by atoms with Crippen LogP contribution >= 0.6 is 0 Å². The summed E-state index contributed by atoms with van der Waals surface area (Å²) in [5, 5.41) is 2.34. The lowest BCUT2D eigenvalue weighted by Gasteiger charge is -2.18. The average Bonchev–Trinajstić information content (AvgIpc) is 2.38. The van der Waals surface area contributed by atoms with E-state index in [0.29, 0.717) is 12.2 Å². The summed E-state index contributed by atoms with van der Waals surface area (Å²) >= 11 is 0. The van der Waals surface area contributed by atoms with Gasteiger partial charge in [0, 0.05) is 6.42 Å². The van der Waals surface area contributed by atoms with Crippen molar-refractivity contribution in [2.24, 2.45) is 5.73 Å². The molecule has 0 spiro atoms. The van der Waals surface area contributed by atoms with Crippen LogP contribution in [0, 0.1) is 0 Å². The van der Waals surface area contributed by atoms with Gasteiger partial charge in [0.2, 0.25) is 12.3 Å². The second kappa shape index (κ2) is 7.44. The van der Waals surface area contributed by atoms with Gasteiger partial charge in [-0.1, -0.05) is 12.1 Å². The van der Waals surface area contributed by atoms with E-state index in [9.17, 15) is 14.4 Å². The molecule has 0 saturated heterocycles. The SMILES string of the molecule is CC(C)(C)OC(=O)Oc1ccc(CC(NC=O)C(N)=O)cc1. The van der Waals surface area contributed by atoms with Crippen LogP contribution in [0.1, 0.15) is 26.3 Å². The fraction of sp³-hybridized carbons (Fsp3) is 0.400. The fourth-order valence-corrected chi connectivity index (χ4v) is 1.62. The third-order valence-electron chi connectivity index (χ3n) is 2.57. The summed E-state index contributed by atoms with van der Waals surface area (Å²) in [6, 6.07) is 5.69. The lowest BCUT2D eigenvalue weighted by molar-refractivity contribution is -0.122. The van der Waals surface area contributed by atoms with Crippen LogP contribution in [0.5, 0.6) is 5.75 Å². The Morgan fingerprint density at radius 3 is 2.32 bits per heavy atom. The van der Waals surface area contributed by atoms with Crippen LogP contribution in [0.25, 0.3) is 0 Å². The number of carbonyl (C=O) groups excluding carboxylic acids is 3. The Bertz CT molecular complexity index is 534. The summed E-state index contributed by atoms with van der Waals surface area (Å²) in [6.45, 7) is 5.21. The Labute approximate surface area is 128 Å². The monoisotopic (exact) mass is 308 g/mol. The highest BCUT2D eigenvalue weighted by Crippen LogP contribution is 2.16. The molecule has 0 bridgehead atoms. The van der Waals surface area contributed by atoms with E-state index in [1.54, 1.807) is 45.0 Å². The minimum absolute atomic E-state index is 0.251. The van der Waals surface area contributed by atoms with E-state index in [2.05, 4.69) is 5.32 Å². The molecule has 0 aromatic heterocycles. The summed E-state index contributed by atoms with van der Waals surface area (Å²) in [4.78, 5) is 33.1. The summed E-state index contributed by atoms with van der Waals surface area (Å²) in [7, 11) is 0. The number of ether oxygens (including phenoxy) is 2. The number of benzene rings is 1. The molecule has 0 aliphatic heterocycles. The second-order valence-corrected chi connectivity index (χ2v) is 5.65. The summed E-state index contributed by atoms with van der Waals surface area (Å²) in [5.41, 5.74) is 5.31. The van der Waals surface area contributed by atoms with Gasteiger partial charge in [0.15, 0.2) is 0 Å². The Kier molecular flexibility index (Phi) is 5.91. The first-order valence-corrected chi connectivity index (χ1v) is 6.70. The number of primary amides is 1. The van der Waals surface area contributed by atoms with Crippen molar-refractivity contribution in [1.29, 1.82) is 0 Å². The highest BCUT2D eigenvalue weighted by Gasteiger charge is 2.18. The molecule has 3 N–H and O–H groups in total. The molecule has 120 valence electrons. The van der Waals surface area contributed by atoms with Crippen LogP contribution < -0.4 is 15.8 Å². The molecule has 0 heterocycles. The first kappa shape index (κ1) is 17.5. The van der Waals surface area contributed by atoms with Gasteiger partial charge in [-0.3, -0.25) is 9.59 Å². The number of nitrogens with one attached hydrogen (secondary N) is 1. The van der Waals surface area contributed by atoms with Crippen LogP contribution in [0.3, 0.4) is 0 Å². The first-order chi connectivity index (χ1) is 10.2. The molecule has 0 saturated carbocycles. The molecule has 0 aliphatic carbocycles. The van der Waals surface area contributed by atoms with Gasteiger partial charge >= 0.3 is 6.16 Å². The molecule has 0 aliphatic rings. The van der Waals surface area contributed by atoms with Crippen LogP contribution in [-0.4, -0.2) is 30.1 Å². The quantitative estimate of drug-likeness (QED) is 0.465. The number of nitrogens with two attached hydrogens (primary N) is 1. The zero-order valence-electron chi connectivity index (χ0n) is 12.8. The molecule has 1 atom stereocenters. The molecule has 7 heteroatoms. The highest BCUT2D eigenvalue weighted by atomic mass is 16.7. The molecular weight excluding hydrogens is 288 g/mol. The molecule has 1 rings (SSSR count). The minimum atomic E-state index is -0.794. The predicted molar refractivity (Wildman–Crippen MR) is 79.2 cm³/mol. The van der Waals surface area contributed by atoms with E-state index in [4.69, 9.17) is 15.2 Å².